The lowest BCUT2D eigenvalue weighted by Crippen LogP contribution is -2.47. The average Bonchev–Trinajstić information content (AvgIpc) is 2.76. The van der Waals surface area contributed by atoms with Crippen molar-refractivity contribution in [3.05, 3.63) is 47.6 Å². The molecule has 1 aliphatic heterocycles. The van der Waals surface area contributed by atoms with Crippen LogP contribution in [-0.2, 0) is 9.59 Å². The Balaban J connectivity index is 1.46. The molecule has 2 heterocycles. The van der Waals surface area contributed by atoms with Gasteiger partial charge < -0.3 is 15.4 Å². The lowest BCUT2D eigenvalue weighted by molar-refractivity contribution is -0.123. The topological polar surface area (TPSA) is 83.6 Å². The summed E-state index contributed by atoms with van der Waals surface area (Å²) in [5.74, 6) is 1.07. The van der Waals surface area contributed by atoms with Crippen LogP contribution in [0, 0.1) is 5.92 Å². The van der Waals surface area contributed by atoms with Crippen LogP contribution in [-0.4, -0.2) is 47.4 Å². The van der Waals surface area contributed by atoms with Crippen LogP contribution < -0.4 is 15.4 Å². The second-order valence-electron chi connectivity index (χ2n) is 7.28. The highest BCUT2D eigenvalue weighted by molar-refractivity contribution is 6.30. The highest BCUT2D eigenvalue weighted by atomic mass is 35.5. The second kappa shape index (κ2) is 10.4. The molecule has 1 aromatic carbocycles. The van der Waals surface area contributed by atoms with E-state index in [0.29, 0.717) is 43.4 Å². The Morgan fingerprint density at radius 1 is 1.17 bits per heavy atom. The van der Waals surface area contributed by atoms with E-state index in [-0.39, 0.29) is 23.8 Å². The second-order valence-corrected chi connectivity index (χ2v) is 7.72. The number of amides is 2. The maximum Gasteiger partial charge on any atom is 0.241 e. The van der Waals surface area contributed by atoms with Crippen LogP contribution in [0.5, 0.6) is 5.75 Å². The van der Waals surface area contributed by atoms with Crippen LogP contribution in [0.2, 0.25) is 5.02 Å². The first-order valence-electron chi connectivity index (χ1n) is 10.2. The molecule has 1 aliphatic rings. The largest absolute Gasteiger partial charge is 0.494 e. The van der Waals surface area contributed by atoms with Crippen LogP contribution in [0.3, 0.4) is 0 Å². The lowest BCUT2D eigenvalue weighted by atomic mass is 9.95. The maximum absolute atomic E-state index is 12.6. The molecule has 2 amide bonds. The van der Waals surface area contributed by atoms with Crippen molar-refractivity contribution in [3.8, 4) is 5.75 Å². The molecule has 0 saturated carbocycles. The van der Waals surface area contributed by atoms with Gasteiger partial charge in [0.15, 0.2) is 0 Å². The smallest absolute Gasteiger partial charge is 0.241 e. The molecule has 2 aromatic rings. The number of carbonyl (C=O) groups is 2. The van der Waals surface area contributed by atoms with Crippen LogP contribution in [0.1, 0.15) is 26.7 Å². The molecule has 1 aromatic heterocycles. The number of halogens is 1. The van der Waals surface area contributed by atoms with Gasteiger partial charge >= 0.3 is 0 Å². The molecule has 0 bridgehead atoms. The number of nitrogens with one attached hydrogen (secondary N) is 2. The van der Waals surface area contributed by atoms with E-state index in [9.17, 15) is 9.59 Å². The molecule has 1 saturated heterocycles. The monoisotopic (exact) mass is 430 g/mol. The number of benzene rings is 1. The van der Waals surface area contributed by atoms with Gasteiger partial charge in [0.25, 0.3) is 0 Å². The van der Waals surface area contributed by atoms with Crippen molar-refractivity contribution in [2.24, 2.45) is 5.92 Å². The van der Waals surface area contributed by atoms with Gasteiger partial charge in [0.1, 0.15) is 11.6 Å². The van der Waals surface area contributed by atoms with Gasteiger partial charge in [-0.25, -0.2) is 4.98 Å². The van der Waals surface area contributed by atoms with E-state index in [4.69, 9.17) is 16.3 Å². The van der Waals surface area contributed by atoms with Gasteiger partial charge in [-0.05, 0) is 76.2 Å². The Labute approximate surface area is 181 Å². The van der Waals surface area contributed by atoms with Crippen molar-refractivity contribution < 1.29 is 14.3 Å². The average molecular weight is 431 g/mol. The number of nitrogens with zero attached hydrogens (tertiary/aromatic N) is 2. The van der Waals surface area contributed by atoms with Crippen molar-refractivity contribution in [2.45, 2.75) is 32.7 Å². The molecule has 0 radical (unpaired) electrons. The zero-order valence-corrected chi connectivity index (χ0v) is 18.0. The first kappa shape index (κ1) is 22.1. The summed E-state index contributed by atoms with van der Waals surface area (Å²) in [5, 5.41) is 6.31. The van der Waals surface area contributed by atoms with E-state index in [2.05, 4.69) is 20.5 Å². The van der Waals surface area contributed by atoms with Crippen molar-refractivity contribution in [1.29, 1.82) is 0 Å². The number of likely N-dealkylation sites (tertiary alicyclic amines) is 1. The summed E-state index contributed by atoms with van der Waals surface area (Å²) in [7, 11) is 0. The third-order valence-corrected chi connectivity index (χ3v) is 5.46. The molecule has 160 valence electrons. The van der Waals surface area contributed by atoms with E-state index < -0.39 is 0 Å². The minimum atomic E-state index is -0.279. The van der Waals surface area contributed by atoms with Gasteiger partial charge in [-0.15, -0.1) is 0 Å². The lowest BCUT2D eigenvalue weighted by Gasteiger charge is -2.34. The Morgan fingerprint density at radius 3 is 2.47 bits per heavy atom. The number of hydrogen-bond acceptors (Lipinski definition) is 5. The fourth-order valence-corrected chi connectivity index (χ4v) is 3.55. The summed E-state index contributed by atoms with van der Waals surface area (Å²) in [6.45, 7) is 5.79. The molecule has 0 aliphatic carbocycles. The fraction of sp³-hybridized carbons (Fsp3) is 0.409. The molecule has 1 fully saturated rings. The summed E-state index contributed by atoms with van der Waals surface area (Å²) < 4.78 is 5.42. The van der Waals surface area contributed by atoms with Gasteiger partial charge in [0, 0.05) is 17.8 Å². The zero-order valence-electron chi connectivity index (χ0n) is 17.2. The van der Waals surface area contributed by atoms with Gasteiger partial charge in [-0.3, -0.25) is 14.5 Å². The molecule has 3 rings (SSSR count). The summed E-state index contributed by atoms with van der Waals surface area (Å²) in [5.41, 5.74) is 0.736. The number of carbonyl (C=O) groups excluding carboxylic acids is 2. The van der Waals surface area contributed by atoms with Gasteiger partial charge in [-0.2, -0.15) is 0 Å². The number of piperidine rings is 1. The third-order valence-electron chi connectivity index (χ3n) is 5.24. The predicted octanol–water partition coefficient (Wildman–Crippen LogP) is 3.81. The van der Waals surface area contributed by atoms with E-state index >= 15 is 0 Å². The fourth-order valence-electron chi connectivity index (χ4n) is 3.44. The first-order chi connectivity index (χ1) is 14.5. The minimum Gasteiger partial charge on any atom is -0.494 e. The normalized spacial score (nSPS) is 16.0. The van der Waals surface area contributed by atoms with Crippen LogP contribution in [0.15, 0.2) is 42.6 Å². The van der Waals surface area contributed by atoms with E-state index in [1.54, 1.807) is 12.1 Å². The Kier molecular flexibility index (Phi) is 7.65. The summed E-state index contributed by atoms with van der Waals surface area (Å²) in [6, 6.07) is 10.4. The van der Waals surface area contributed by atoms with E-state index in [1.165, 1.54) is 6.20 Å². The Hall–Kier alpha value is -2.64. The summed E-state index contributed by atoms with van der Waals surface area (Å²) in [4.78, 5) is 31.3. The quantitative estimate of drug-likeness (QED) is 0.697. The number of aromatic nitrogens is 1. The molecular weight excluding hydrogens is 404 g/mol. The first-order valence-corrected chi connectivity index (χ1v) is 10.5. The van der Waals surface area contributed by atoms with E-state index in [0.717, 1.165) is 11.4 Å². The molecule has 30 heavy (non-hydrogen) atoms. The van der Waals surface area contributed by atoms with E-state index in [1.807, 2.05) is 38.1 Å². The number of hydrogen-bond donors (Lipinski definition) is 2. The molecule has 1 atom stereocenters. The molecule has 7 nitrogen and oxygen atoms in total. The van der Waals surface area contributed by atoms with Crippen molar-refractivity contribution in [1.82, 2.24) is 9.88 Å². The molecular formula is C22H27ClN4O3. The summed E-state index contributed by atoms with van der Waals surface area (Å²) in [6.07, 6.45) is 2.89. The number of ether oxygens (including phenoxy) is 1. The highest BCUT2D eigenvalue weighted by Crippen LogP contribution is 2.22. The molecule has 0 spiro atoms. The van der Waals surface area contributed by atoms with Crippen LogP contribution in [0.4, 0.5) is 11.5 Å². The van der Waals surface area contributed by atoms with Gasteiger partial charge in [0.05, 0.1) is 17.7 Å². The van der Waals surface area contributed by atoms with Crippen molar-refractivity contribution in [2.75, 3.05) is 30.3 Å². The van der Waals surface area contributed by atoms with Crippen LogP contribution in [0.25, 0.3) is 0 Å². The maximum atomic E-state index is 12.6. The minimum absolute atomic E-state index is 0.0454. The van der Waals surface area contributed by atoms with Crippen LogP contribution >= 0.6 is 11.6 Å². The number of rotatable bonds is 7. The highest BCUT2D eigenvalue weighted by Gasteiger charge is 2.30. The predicted molar refractivity (Wildman–Crippen MR) is 118 cm³/mol. The van der Waals surface area contributed by atoms with Gasteiger partial charge in [-0.1, -0.05) is 11.6 Å². The number of pyridine rings is 1. The Morgan fingerprint density at radius 2 is 1.87 bits per heavy atom. The third kappa shape index (κ3) is 5.93. The van der Waals surface area contributed by atoms with Crippen molar-refractivity contribution >= 4 is 34.9 Å². The van der Waals surface area contributed by atoms with Crippen molar-refractivity contribution in [3.63, 3.8) is 0 Å². The SMILES string of the molecule is CCOc1ccc(NC(=O)C(C)N2CCC(C(=O)Nc3ccc(Cl)cn3)CC2)cc1. The van der Waals surface area contributed by atoms with Gasteiger partial charge in [0.2, 0.25) is 11.8 Å². The molecule has 1 unspecified atom stereocenters. The molecule has 8 heteroatoms. The Bertz CT molecular complexity index is 850. The zero-order chi connectivity index (χ0) is 21.5. The standard InChI is InChI=1S/C22H27ClN4O3/c1-3-30-19-7-5-18(6-8-19)25-21(28)15(2)27-12-10-16(11-13-27)22(29)26-20-9-4-17(23)14-24-20/h4-9,14-16H,3,10-13H2,1-2H3,(H,25,28)(H,24,26,29). The molecule has 2 N–H and O–H groups in total. The summed E-state index contributed by atoms with van der Waals surface area (Å²) >= 11 is 5.82. The number of anilines is 2.